The Kier molecular flexibility index (Phi) is 7.04. The molecule has 0 saturated heterocycles. The number of halogens is 2. The summed E-state index contributed by atoms with van der Waals surface area (Å²) < 4.78 is 23.0. The third-order valence-corrected chi connectivity index (χ3v) is 5.03. The van der Waals surface area contributed by atoms with Crippen molar-refractivity contribution in [3.63, 3.8) is 0 Å². The number of allylic oxidation sites excluding steroid dienone is 4. The van der Waals surface area contributed by atoms with E-state index in [0.717, 1.165) is 0 Å². The molecule has 19 heavy (non-hydrogen) atoms. The predicted molar refractivity (Wildman–Crippen MR) is 73.6 cm³/mol. The zero-order chi connectivity index (χ0) is 14.3. The highest BCUT2D eigenvalue weighted by Crippen LogP contribution is 2.57. The Bertz CT molecular complexity index is 414. The van der Waals surface area contributed by atoms with E-state index in [2.05, 4.69) is 0 Å². The summed E-state index contributed by atoms with van der Waals surface area (Å²) in [6.45, 7) is -0.0152. The number of hydrogen-bond acceptors (Lipinski definition) is 5. The Morgan fingerprint density at radius 2 is 1.95 bits per heavy atom. The van der Waals surface area contributed by atoms with Crippen molar-refractivity contribution in [1.29, 1.82) is 0 Å². The Balaban J connectivity index is 2.96. The van der Waals surface area contributed by atoms with Gasteiger partial charge in [-0.05, 0) is 6.42 Å². The lowest BCUT2D eigenvalue weighted by molar-refractivity contribution is -0.427. The minimum Gasteiger partial charge on any atom is -0.307 e. The summed E-state index contributed by atoms with van der Waals surface area (Å²) >= 11 is 11.0. The van der Waals surface area contributed by atoms with Crippen molar-refractivity contribution in [3.8, 4) is 0 Å². The molecule has 1 atom stereocenters. The number of alkyl halides is 2. The number of hydrogen-bond donors (Lipinski definition) is 0. The first kappa shape index (κ1) is 16.7. The SMILES string of the molecule is O=[N+]([O-])C1=CC=CCC1P(=O)(OCCCl)OCCCl. The fourth-order valence-corrected chi connectivity index (χ4v) is 4.00. The fourth-order valence-electron chi connectivity index (χ4n) is 1.62. The fraction of sp³-hybridized carbons (Fsp3) is 0.600. The van der Waals surface area contributed by atoms with Crippen molar-refractivity contribution in [2.75, 3.05) is 25.0 Å². The van der Waals surface area contributed by atoms with Crippen molar-refractivity contribution in [2.45, 2.75) is 12.1 Å². The van der Waals surface area contributed by atoms with Crippen LogP contribution in [-0.2, 0) is 13.6 Å². The standard InChI is InChI=1S/C10H14Cl2NO5P/c11-5-7-17-19(16,18-8-6-12)10-4-2-1-3-9(10)13(14)15/h1-3,10H,4-8H2. The number of nitrogens with zero attached hydrogens (tertiary/aromatic N) is 1. The molecule has 1 unspecified atom stereocenters. The second-order valence-electron chi connectivity index (χ2n) is 3.61. The maximum atomic E-state index is 12.7. The molecule has 9 heteroatoms. The zero-order valence-corrected chi connectivity index (χ0v) is 12.4. The smallest absolute Gasteiger partial charge is 0.307 e. The van der Waals surface area contributed by atoms with Gasteiger partial charge in [0.1, 0.15) is 0 Å². The van der Waals surface area contributed by atoms with Gasteiger partial charge in [-0.1, -0.05) is 12.2 Å². The molecule has 108 valence electrons. The van der Waals surface area contributed by atoms with Crippen LogP contribution >= 0.6 is 30.8 Å². The molecular weight excluding hydrogens is 316 g/mol. The predicted octanol–water partition coefficient (Wildman–Crippen LogP) is 3.18. The molecule has 0 aliphatic heterocycles. The highest BCUT2D eigenvalue weighted by molar-refractivity contribution is 7.55. The summed E-state index contributed by atoms with van der Waals surface area (Å²) in [5.41, 5.74) is -1.12. The lowest BCUT2D eigenvalue weighted by atomic mass is 10.1. The Labute approximate surface area is 121 Å². The van der Waals surface area contributed by atoms with Crippen LogP contribution in [0.1, 0.15) is 6.42 Å². The van der Waals surface area contributed by atoms with Crippen LogP contribution in [-0.4, -0.2) is 35.6 Å². The van der Waals surface area contributed by atoms with E-state index in [4.69, 9.17) is 32.2 Å². The van der Waals surface area contributed by atoms with Crippen LogP contribution in [0, 0.1) is 10.1 Å². The van der Waals surface area contributed by atoms with Crippen molar-refractivity contribution in [1.82, 2.24) is 0 Å². The maximum absolute atomic E-state index is 12.7. The first-order valence-corrected chi connectivity index (χ1v) is 8.25. The number of nitro groups is 1. The summed E-state index contributed by atoms with van der Waals surface area (Å²) in [7, 11) is -3.67. The Morgan fingerprint density at radius 3 is 2.42 bits per heavy atom. The molecule has 0 fully saturated rings. The van der Waals surface area contributed by atoms with E-state index in [-0.39, 0.29) is 37.1 Å². The third kappa shape index (κ3) is 4.58. The monoisotopic (exact) mass is 329 g/mol. The van der Waals surface area contributed by atoms with Gasteiger partial charge in [0.05, 0.1) is 18.1 Å². The molecule has 0 radical (unpaired) electrons. The minimum atomic E-state index is -3.67. The number of rotatable bonds is 8. The lowest BCUT2D eigenvalue weighted by Gasteiger charge is -2.25. The van der Waals surface area contributed by atoms with Gasteiger partial charge in [0, 0.05) is 17.8 Å². The molecule has 1 rings (SSSR count). The van der Waals surface area contributed by atoms with Crippen molar-refractivity contribution < 1.29 is 18.5 Å². The molecule has 0 aromatic heterocycles. The lowest BCUT2D eigenvalue weighted by Crippen LogP contribution is -2.22. The summed E-state index contributed by atoms with van der Waals surface area (Å²) in [6.07, 6.45) is 4.74. The van der Waals surface area contributed by atoms with Gasteiger partial charge in [-0.2, -0.15) is 0 Å². The molecule has 0 N–H and O–H groups in total. The van der Waals surface area contributed by atoms with Gasteiger partial charge in [0.2, 0.25) is 0 Å². The summed E-state index contributed by atoms with van der Waals surface area (Å²) in [5.74, 6) is 0.239. The molecule has 0 saturated carbocycles. The van der Waals surface area contributed by atoms with E-state index in [1.54, 1.807) is 12.2 Å². The topological polar surface area (TPSA) is 78.7 Å². The van der Waals surface area contributed by atoms with Crippen LogP contribution in [0.4, 0.5) is 0 Å². The summed E-state index contributed by atoms with van der Waals surface area (Å²) in [5, 5.41) is 11.0. The maximum Gasteiger partial charge on any atom is 0.344 e. The highest BCUT2D eigenvalue weighted by atomic mass is 35.5. The van der Waals surface area contributed by atoms with Gasteiger partial charge in [0.25, 0.3) is 5.70 Å². The molecule has 0 aromatic rings. The van der Waals surface area contributed by atoms with Crippen LogP contribution in [0.25, 0.3) is 0 Å². The average molecular weight is 330 g/mol. The first-order chi connectivity index (χ1) is 9.05. The van der Waals surface area contributed by atoms with E-state index in [1.165, 1.54) is 6.08 Å². The van der Waals surface area contributed by atoms with Crippen LogP contribution in [0.3, 0.4) is 0 Å². The molecule has 0 bridgehead atoms. The molecule has 0 spiro atoms. The van der Waals surface area contributed by atoms with Gasteiger partial charge >= 0.3 is 7.60 Å². The first-order valence-electron chi connectivity index (χ1n) is 5.57. The Hall–Kier alpha value is -0.390. The van der Waals surface area contributed by atoms with Crippen LogP contribution < -0.4 is 0 Å². The van der Waals surface area contributed by atoms with Gasteiger partial charge in [-0.3, -0.25) is 14.7 Å². The molecule has 1 aliphatic rings. The quantitative estimate of drug-likeness (QED) is 0.296. The molecule has 0 aromatic carbocycles. The van der Waals surface area contributed by atoms with Crippen LogP contribution in [0.2, 0.25) is 0 Å². The molecule has 1 aliphatic carbocycles. The van der Waals surface area contributed by atoms with Crippen LogP contribution in [0.15, 0.2) is 23.9 Å². The third-order valence-electron chi connectivity index (χ3n) is 2.39. The van der Waals surface area contributed by atoms with E-state index in [1.807, 2.05) is 0 Å². The van der Waals surface area contributed by atoms with E-state index in [0.29, 0.717) is 0 Å². The van der Waals surface area contributed by atoms with Crippen LogP contribution in [0.5, 0.6) is 0 Å². The summed E-state index contributed by atoms with van der Waals surface area (Å²) in [6, 6.07) is 0. The zero-order valence-electron chi connectivity index (χ0n) is 10.0. The normalized spacial score (nSPS) is 19.3. The van der Waals surface area contributed by atoms with E-state index >= 15 is 0 Å². The average Bonchev–Trinajstić information content (AvgIpc) is 2.43. The van der Waals surface area contributed by atoms with Gasteiger partial charge in [0.15, 0.2) is 5.66 Å². The second-order valence-corrected chi connectivity index (χ2v) is 6.59. The molecule has 6 nitrogen and oxygen atoms in total. The van der Waals surface area contributed by atoms with Crippen molar-refractivity contribution in [3.05, 3.63) is 34.0 Å². The molecule has 0 amide bonds. The van der Waals surface area contributed by atoms with E-state index < -0.39 is 18.2 Å². The second kappa shape index (κ2) is 8.02. The van der Waals surface area contributed by atoms with Crippen molar-refractivity contribution in [2.24, 2.45) is 0 Å². The van der Waals surface area contributed by atoms with Crippen molar-refractivity contribution >= 4 is 30.8 Å². The van der Waals surface area contributed by atoms with Gasteiger partial charge in [-0.25, -0.2) is 0 Å². The summed E-state index contributed by atoms with van der Waals surface area (Å²) in [4.78, 5) is 10.4. The largest absolute Gasteiger partial charge is 0.344 e. The molecule has 0 heterocycles. The minimum absolute atomic E-state index is 0.00761. The highest BCUT2D eigenvalue weighted by Gasteiger charge is 2.44. The molecular formula is C10H14Cl2NO5P. The van der Waals surface area contributed by atoms with Gasteiger partial charge < -0.3 is 9.05 Å². The Morgan fingerprint density at radius 1 is 1.37 bits per heavy atom. The van der Waals surface area contributed by atoms with E-state index in [9.17, 15) is 14.7 Å². The van der Waals surface area contributed by atoms with Gasteiger partial charge in [-0.15, -0.1) is 23.2 Å².